The minimum atomic E-state index is -0.724. The first-order valence-corrected chi connectivity index (χ1v) is 8.90. The van der Waals surface area contributed by atoms with E-state index in [0.717, 1.165) is 30.2 Å². The molecule has 3 aromatic rings. The summed E-state index contributed by atoms with van der Waals surface area (Å²) in [7, 11) is 0. The van der Waals surface area contributed by atoms with Gasteiger partial charge in [-0.15, -0.1) is 0 Å². The molecule has 2 aromatic heterocycles. The molecule has 1 aliphatic carbocycles. The molecule has 0 bridgehead atoms. The second kappa shape index (κ2) is 7.10. The number of hydrogen-bond acceptors (Lipinski definition) is 6. The lowest BCUT2D eigenvalue weighted by atomic mass is 9.92. The van der Waals surface area contributed by atoms with Gasteiger partial charge in [-0.25, -0.2) is 14.8 Å². The van der Waals surface area contributed by atoms with E-state index < -0.39 is 11.9 Å². The topological polar surface area (TPSA) is 140 Å². The zero-order valence-corrected chi connectivity index (χ0v) is 15.0. The van der Waals surface area contributed by atoms with Crippen LogP contribution in [-0.4, -0.2) is 32.9 Å². The molecule has 1 aliphatic rings. The average molecular weight is 377 g/mol. The second-order valence-electron chi connectivity index (χ2n) is 6.62. The molecule has 0 spiro atoms. The molecule has 9 heteroatoms. The van der Waals surface area contributed by atoms with Crippen LogP contribution < -0.4 is 21.7 Å². The molecule has 5 N–H and O–H groups in total. The van der Waals surface area contributed by atoms with Crippen LogP contribution in [0.1, 0.15) is 29.8 Å². The van der Waals surface area contributed by atoms with Gasteiger partial charge in [0.05, 0.1) is 11.7 Å². The van der Waals surface area contributed by atoms with Crippen molar-refractivity contribution in [2.75, 3.05) is 10.2 Å². The van der Waals surface area contributed by atoms with Crippen molar-refractivity contribution in [3.8, 4) is 0 Å². The van der Waals surface area contributed by atoms with Crippen molar-refractivity contribution in [2.24, 2.45) is 11.5 Å². The van der Waals surface area contributed by atoms with Crippen LogP contribution in [0, 0.1) is 0 Å². The van der Waals surface area contributed by atoms with Gasteiger partial charge in [-0.05, 0) is 43.5 Å². The smallest absolute Gasteiger partial charge is 0.320 e. The van der Waals surface area contributed by atoms with Gasteiger partial charge in [-0.1, -0.05) is 6.07 Å². The largest absolute Gasteiger partial charge is 0.364 e. The Bertz CT molecular complexity index is 1070. The van der Waals surface area contributed by atoms with Crippen LogP contribution in [0.15, 0.2) is 42.7 Å². The number of carbonyl (C=O) groups excluding carboxylic acids is 2. The molecule has 9 nitrogen and oxygen atoms in total. The lowest BCUT2D eigenvalue weighted by molar-refractivity contribution is 0.0996. The van der Waals surface area contributed by atoms with Gasteiger partial charge in [0.25, 0.3) is 5.91 Å². The van der Waals surface area contributed by atoms with Crippen LogP contribution in [-0.2, 0) is 0 Å². The number of rotatable bonds is 5. The number of nitrogens with two attached hydrogens (primary N) is 2. The fourth-order valence-corrected chi connectivity index (χ4v) is 3.18. The number of urea groups is 1. The number of carbonyl (C=O) groups is 2. The third-order valence-corrected chi connectivity index (χ3v) is 4.78. The maximum Gasteiger partial charge on any atom is 0.320 e. The highest BCUT2D eigenvalue weighted by Gasteiger charge is 2.30. The molecule has 0 atom stereocenters. The summed E-state index contributed by atoms with van der Waals surface area (Å²) in [4.78, 5) is 38.0. The molecule has 1 fully saturated rings. The summed E-state index contributed by atoms with van der Waals surface area (Å²) >= 11 is 0. The molecule has 1 saturated carbocycles. The molecule has 3 amide bonds. The highest BCUT2D eigenvalue weighted by atomic mass is 16.2. The first kappa shape index (κ1) is 17.7. The molecular formula is C19H19N7O2. The van der Waals surface area contributed by atoms with Gasteiger partial charge >= 0.3 is 6.03 Å². The van der Waals surface area contributed by atoms with Crippen LogP contribution in [0.3, 0.4) is 0 Å². The molecule has 28 heavy (non-hydrogen) atoms. The Kier molecular flexibility index (Phi) is 4.48. The number of benzene rings is 1. The summed E-state index contributed by atoms with van der Waals surface area (Å²) in [5.74, 6) is -0.274. The lowest BCUT2D eigenvalue weighted by Crippen LogP contribution is -2.47. The van der Waals surface area contributed by atoms with Crippen molar-refractivity contribution in [3.63, 3.8) is 0 Å². The number of amides is 3. The summed E-state index contributed by atoms with van der Waals surface area (Å²) in [6.07, 6.45) is 5.79. The average Bonchev–Trinajstić information content (AvgIpc) is 2.64. The number of aromatic nitrogens is 3. The Morgan fingerprint density at radius 2 is 1.96 bits per heavy atom. The van der Waals surface area contributed by atoms with E-state index in [2.05, 4.69) is 20.3 Å². The van der Waals surface area contributed by atoms with E-state index in [1.54, 1.807) is 6.20 Å². The van der Waals surface area contributed by atoms with Crippen LogP contribution in [0.25, 0.3) is 10.9 Å². The molecule has 0 saturated heterocycles. The molecular weight excluding hydrogens is 358 g/mol. The third kappa shape index (κ3) is 3.29. The first-order valence-electron chi connectivity index (χ1n) is 8.90. The molecule has 4 rings (SSSR count). The summed E-state index contributed by atoms with van der Waals surface area (Å²) in [5.41, 5.74) is 12.5. The minimum absolute atomic E-state index is 0.00850. The zero-order valence-electron chi connectivity index (χ0n) is 15.0. The first-order chi connectivity index (χ1) is 13.5. The predicted octanol–water partition coefficient (Wildman–Crippen LogP) is 2.30. The van der Waals surface area contributed by atoms with Gasteiger partial charge in [0, 0.05) is 23.3 Å². The van der Waals surface area contributed by atoms with Gasteiger partial charge in [0.15, 0.2) is 17.3 Å². The minimum Gasteiger partial charge on any atom is -0.364 e. The van der Waals surface area contributed by atoms with Crippen LogP contribution in [0.2, 0.25) is 0 Å². The molecule has 0 unspecified atom stereocenters. The van der Waals surface area contributed by atoms with E-state index in [0.29, 0.717) is 5.69 Å². The van der Waals surface area contributed by atoms with Crippen molar-refractivity contribution < 1.29 is 9.59 Å². The number of primary amides is 2. The second-order valence-corrected chi connectivity index (χ2v) is 6.62. The highest BCUT2D eigenvalue weighted by Crippen LogP contribution is 2.30. The van der Waals surface area contributed by atoms with Crippen LogP contribution in [0.4, 0.5) is 22.1 Å². The van der Waals surface area contributed by atoms with E-state index in [1.165, 1.54) is 11.1 Å². The van der Waals surface area contributed by atoms with Crippen LogP contribution >= 0.6 is 0 Å². The van der Waals surface area contributed by atoms with Gasteiger partial charge < -0.3 is 16.8 Å². The summed E-state index contributed by atoms with van der Waals surface area (Å²) in [6.45, 7) is 0. The number of anilines is 3. The number of nitrogens with zero attached hydrogens (tertiary/aromatic N) is 4. The summed E-state index contributed by atoms with van der Waals surface area (Å²) < 4.78 is 0. The monoisotopic (exact) mass is 377 g/mol. The van der Waals surface area contributed by atoms with E-state index in [-0.39, 0.29) is 23.4 Å². The molecule has 0 radical (unpaired) electrons. The SMILES string of the molecule is NC(=O)c1ncc(N(C(N)=O)C2CCC2)nc1Nc1ccc2ncccc2c1. The Hall–Kier alpha value is -3.75. The number of hydrogen-bond donors (Lipinski definition) is 3. The van der Waals surface area contributed by atoms with Crippen molar-refractivity contribution >= 4 is 40.2 Å². The molecule has 0 aliphatic heterocycles. The Morgan fingerprint density at radius 3 is 2.64 bits per heavy atom. The van der Waals surface area contributed by atoms with E-state index in [1.807, 2.05) is 30.3 Å². The summed E-state index contributed by atoms with van der Waals surface area (Å²) in [6, 6.07) is 8.69. The fraction of sp³-hybridized carbons (Fsp3) is 0.211. The van der Waals surface area contributed by atoms with Crippen molar-refractivity contribution in [1.29, 1.82) is 0 Å². The summed E-state index contributed by atoms with van der Waals surface area (Å²) in [5, 5.41) is 4.00. The standard InChI is InChI=1S/C19H19N7O2/c20-17(27)16-18(24-12-6-7-14-11(9-12)3-2-8-22-14)25-15(10-23-16)26(19(21)28)13-4-1-5-13/h2-3,6-10,13H,1,4-5H2,(H2,20,27)(H2,21,28)(H,24,25). The number of pyridine rings is 1. The Labute approximate surface area is 160 Å². The predicted molar refractivity (Wildman–Crippen MR) is 105 cm³/mol. The number of fused-ring (bicyclic) bond motifs is 1. The number of nitrogens with one attached hydrogen (secondary N) is 1. The van der Waals surface area contributed by atoms with E-state index in [9.17, 15) is 9.59 Å². The Balaban J connectivity index is 1.72. The van der Waals surface area contributed by atoms with Gasteiger partial charge in [-0.2, -0.15) is 0 Å². The van der Waals surface area contributed by atoms with Gasteiger partial charge in [-0.3, -0.25) is 14.7 Å². The normalized spacial score (nSPS) is 13.7. The van der Waals surface area contributed by atoms with Gasteiger partial charge in [0.1, 0.15) is 0 Å². The van der Waals surface area contributed by atoms with Crippen LogP contribution in [0.5, 0.6) is 0 Å². The van der Waals surface area contributed by atoms with Crippen molar-refractivity contribution in [3.05, 3.63) is 48.4 Å². The fourth-order valence-electron chi connectivity index (χ4n) is 3.18. The molecule has 142 valence electrons. The third-order valence-electron chi connectivity index (χ3n) is 4.78. The molecule has 2 heterocycles. The van der Waals surface area contributed by atoms with Crippen molar-refractivity contribution in [2.45, 2.75) is 25.3 Å². The van der Waals surface area contributed by atoms with Gasteiger partial charge in [0.2, 0.25) is 0 Å². The molecule has 1 aromatic carbocycles. The maximum absolute atomic E-state index is 11.9. The van der Waals surface area contributed by atoms with E-state index >= 15 is 0 Å². The van der Waals surface area contributed by atoms with E-state index in [4.69, 9.17) is 11.5 Å². The van der Waals surface area contributed by atoms with Crippen molar-refractivity contribution in [1.82, 2.24) is 15.0 Å². The Morgan fingerprint density at radius 1 is 1.14 bits per heavy atom. The highest BCUT2D eigenvalue weighted by molar-refractivity contribution is 5.97. The quantitative estimate of drug-likeness (QED) is 0.623. The lowest BCUT2D eigenvalue weighted by Gasteiger charge is -2.35. The maximum atomic E-state index is 11.9. The zero-order chi connectivity index (χ0) is 19.7.